The van der Waals surface area contributed by atoms with Crippen molar-refractivity contribution in [3.63, 3.8) is 0 Å². The van der Waals surface area contributed by atoms with Gasteiger partial charge >= 0.3 is 0 Å². The topological polar surface area (TPSA) is 68.0 Å². The van der Waals surface area contributed by atoms with Gasteiger partial charge in [-0.1, -0.05) is 23.7 Å². The zero-order valence-corrected chi connectivity index (χ0v) is 13.7. The maximum absolute atomic E-state index is 11.7. The monoisotopic (exact) mass is 341 g/mol. The summed E-state index contributed by atoms with van der Waals surface area (Å²) in [5.41, 5.74) is 7.14. The van der Waals surface area contributed by atoms with Gasteiger partial charge in [-0.05, 0) is 29.9 Å². The molecule has 0 spiro atoms. The van der Waals surface area contributed by atoms with Crippen LogP contribution in [0.3, 0.4) is 0 Å². The van der Waals surface area contributed by atoms with Crippen molar-refractivity contribution in [2.24, 2.45) is 0 Å². The molecule has 112 valence electrons. The molecule has 0 unspecified atom stereocenters. The number of nitrogen functional groups attached to an aromatic ring is 1. The summed E-state index contributed by atoms with van der Waals surface area (Å²) in [7, 11) is 0. The van der Waals surface area contributed by atoms with E-state index in [2.05, 4.69) is 10.3 Å². The number of nitrogens with one attached hydrogen (secondary N) is 1. The quantitative estimate of drug-likeness (QED) is 0.757. The lowest BCUT2D eigenvalue weighted by molar-refractivity contribution is 0.0949. The Labute approximate surface area is 137 Å². The third-order valence-corrected chi connectivity index (χ3v) is 4.73. The SMILES string of the molecule is Nc1nc(C(=O)NCCCSCc2ccc(Cl)cc2)cs1. The largest absolute Gasteiger partial charge is 0.375 e. The molecule has 1 aromatic carbocycles. The predicted octanol–water partition coefficient (Wildman–Crippen LogP) is 3.43. The third kappa shape index (κ3) is 5.57. The summed E-state index contributed by atoms with van der Waals surface area (Å²) >= 11 is 8.94. The molecule has 0 saturated carbocycles. The number of hydrogen-bond acceptors (Lipinski definition) is 5. The van der Waals surface area contributed by atoms with Crippen molar-refractivity contribution in [3.05, 3.63) is 45.9 Å². The highest BCUT2D eigenvalue weighted by Crippen LogP contribution is 2.16. The zero-order chi connectivity index (χ0) is 15.1. The van der Waals surface area contributed by atoms with Crippen LogP contribution in [0.5, 0.6) is 0 Å². The molecule has 1 heterocycles. The number of amides is 1. The summed E-state index contributed by atoms with van der Waals surface area (Å²) in [5, 5.41) is 5.68. The summed E-state index contributed by atoms with van der Waals surface area (Å²) in [4.78, 5) is 15.6. The molecule has 0 aliphatic carbocycles. The van der Waals surface area contributed by atoms with E-state index in [0.717, 1.165) is 22.9 Å². The Balaban J connectivity index is 1.58. The van der Waals surface area contributed by atoms with Gasteiger partial charge in [0.2, 0.25) is 0 Å². The molecule has 2 aromatic rings. The molecular formula is C14H16ClN3OS2. The van der Waals surface area contributed by atoms with Crippen LogP contribution in [0.4, 0.5) is 5.13 Å². The number of benzene rings is 1. The van der Waals surface area contributed by atoms with Crippen LogP contribution in [0.25, 0.3) is 0 Å². The van der Waals surface area contributed by atoms with E-state index in [-0.39, 0.29) is 5.91 Å². The first-order valence-electron chi connectivity index (χ1n) is 6.46. The van der Waals surface area contributed by atoms with Crippen LogP contribution < -0.4 is 11.1 Å². The molecule has 21 heavy (non-hydrogen) atoms. The summed E-state index contributed by atoms with van der Waals surface area (Å²) in [6.07, 6.45) is 0.920. The molecule has 0 radical (unpaired) electrons. The van der Waals surface area contributed by atoms with Gasteiger partial charge in [0, 0.05) is 22.7 Å². The number of aromatic nitrogens is 1. The second-order valence-corrected chi connectivity index (χ2v) is 6.79. The molecule has 0 aliphatic rings. The highest BCUT2D eigenvalue weighted by Gasteiger charge is 2.08. The van der Waals surface area contributed by atoms with E-state index in [4.69, 9.17) is 17.3 Å². The number of nitrogens with zero attached hydrogens (tertiary/aromatic N) is 1. The second kappa shape index (κ2) is 8.26. The van der Waals surface area contributed by atoms with E-state index in [1.54, 1.807) is 5.38 Å². The van der Waals surface area contributed by atoms with Crippen LogP contribution >= 0.6 is 34.7 Å². The molecular weight excluding hydrogens is 326 g/mol. The summed E-state index contributed by atoms with van der Waals surface area (Å²) in [6, 6.07) is 7.86. The van der Waals surface area contributed by atoms with E-state index in [1.807, 2.05) is 36.0 Å². The molecule has 0 atom stereocenters. The van der Waals surface area contributed by atoms with Crippen LogP contribution in [-0.4, -0.2) is 23.2 Å². The van der Waals surface area contributed by atoms with E-state index in [1.165, 1.54) is 16.9 Å². The van der Waals surface area contributed by atoms with Crippen molar-refractivity contribution < 1.29 is 4.79 Å². The van der Waals surface area contributed by atoms with Gasteiger partial charge in [0.15, 0.2) is 5.13 Å². The number of anilines is 1. The Bertz CT molecular complexity index is 586. The molecule has 1 aromatic heterocycles. The minimum absolute atomic E-state index is 0.161. The van der Waals surface area contributed by atoms with Gasteiger partial charge in [-0.2, -0.15) is 11.8 Å². The molecule has 2 rings (SSSR count). The predicted molar refractivity (Wildman–Crippen MR) is 91.1 cm³/mol. The fourth-order valence-electron chi connectivity index (χ4n) is 1.63. The molecule has 0 aliphatic heterocycles. The average molecular weight is 342 g/mol. The van der Waals surface area contributed by atoms with Gasteiger partial charge in [0.1, 0.15) is 5.69 Å². The normalized spacial score (nSPS) is 10.5. The number of rotatable bonds is 7. The van der Waals surface area contributed by atoms with Crippen LogP contribution in [-0.2, 0) is 5.75 Å². The van der Waals surface area contributed by atoms with E-state index < -0.39 is 0 Å². The number of thioether (sulfide) groups is 1. The first-order chi connectivity index (χ1) is 10.1. The van der Waals surface area contributed by atoms with Gasteiger partial charge in [-0.25, -0.2) is 4.98 Å². The number of nitrogens with two attached hydrogens (primary N) is 1. The second-order valence-electron chi connectivity index (χ2n) is 4.36. The van der Waals surface area contributed by atoms with E-state index in [0.29, 0.717) is 17.4 Å². The van der Waals surface area contributed by atoms with Crippen LogP contribution in [0.2, 0.25) is 5.02 Å². The van der Waals surface area contributed by atoms with Crippen LogP contribution in [0.15, 0.2) is 29.6 Å². The highest BCUT2D eigenvalue weighted by molar-refractivity contribution is 7.98. The van der Waals surface area contributed by atoms with E-state index >= 15 is 0 Å². The zero-order valence-electron chi connectivity index (χ0n) is 11.3. The van der Waals surface area contributed by atoms with E-state index in [9.17, 15) is 4.79 Å². The van der Waals surface area contributed by atoms with Crippen LogP contribution in [0.1, 0.15) is 22.5 Å². The lowest BCUT2D eigenvalue weighted by Gasteiger charge is -2.04. The summed E-state index contributed by atoms with van der Waals surface area (Å²) in [6.45, 7) is 0.643. The van der Waals surface area contributed by atoms with Crippen LogP contribution in [0, 0.1) is 0 Å². The molecule has 0 fully saturated rings. The first-order valence-corrected chi connectivity index (χ1v) is 8.88. The minimum atomic E-state index is -0.161. The first kappa shape index (κ1) is 16.1. The lowest BCUT2D eigenvalue weighted by Crippen LogP contribution is -2.25. The molecule has 4 nitrogen and oxygen atoms in total. The van der Waals surface area contributed by atoms with Crippen molar-refractivity contribution in [2.45, 2.75) is 12.2 Å². The summed E-state index contributed by atoms with van der Waals surface area (Å²) < 4.78 is 0. The Morgan fingerprint density at radius 3 is 2.81 bits per heavy atom. The molecule has 3 N–H and O–H groups in total. The fourth-order valence-corrected chi connectivity index (χ4v) is 3.22. The lowest BCUT2D eigenvalue weighted by atomic mass is 10.2. The fraction of sp³-hybridized carbons (Fsp3) is 0.286. The van der Waals surface area contributed by atoms with Crippen molar-refractivity contribution in [3.8, 4) is 0 Å². The molecule has 7 heteroatoms. The number of carbonyl (C=O) groups is 1. The van der Waals surface area contributed by atoms with Gasteiger partial charge in [-0.15, -0.1) is 11.3 Å². The highest BCUT2D eigenvalue weighted by atomic mass is 35.5. The number of hydrogen-bond donors (Lipinski definition) is 2. The van der Waals surface area contributed by atoms with Crippen molar-refractivity contribution in [1.29, 1.82) is 0 Å². The Kier molecular flexibility index (Phi) is 6.35. The maximum atomic E-state index is 11.7. The van der Waals surface area contributed by atoms with Gasteiger partial charge in [0.05, 0.1) is 0 Å². The number of thiazole rings is 1. The summed E-state index contributed by atoms with van der Waals surface area (Å²) in [5.74, 6) is 1.78. The Morgan fingerprint density at radius 1 is 1.38 bits per heavy atom. The maximum Gasteiger partial charge on any atom is 0.270 e. The van der Waals surface area contributed by atoms with Crippen molar-refractivity contribution in [2.75, 3.05) is 18.0 Å². The average Bonchev–Trinajstić information content (AvgIpc) is 2.91. The number of halogens is 1. The van der Waals surface area contributed by atoms with Gasteiger partial charge in [0.25, 0.3) is 5.91 Å². The molecule has 0 bridgehead atoms. The number of carbonyl (C=O) groups excluding carboxylic acids is 1. The molecule has 0 saturated heterocycles. The van der Waals surface area contributed by atoms with Gasteiger partial charge < -0.3 is 11.1 Å². The Hall–Kier alpha value is -1.24. The minimum Gasteiger partial charge on any atom is -0.375 e. The molecule has 1 amide bonds. The van der Waals surface area contributed by atoms with Gasteiger partial charge in [-0.3, -0.25) is 4.79 Å². The van der Waals surface area contributed by atoms with Crippen molar-refractivity contribution in [1.82, 2.24) is 10.3 Å². The Morgan fingerprint density at radius 2 is 2.14 bits per heavy atom. The smallest absolute Gasteiger partial charge is 0.270 e. The standard InChI is InChI=1S/C14H16ClN3OS2/c15-11-4-2-10(3-5-11)8-20-7-1-6-17-13(19)12-9-21-14(16)18-12/h2-5,9H,1,6-8H2,(H2,16,18)(H,17,19). The van der Waals surface area contributed by atoms with Crippen molar-refractivity contribution >= 4 is 45.7 Å². The third-order valence-electron chi connectivity index (χ3n) is 2.69.